The average Bonchev–Trinajstić information content (AvgIpc) is 1.84. The van der Waals surface area contributed by atoms with Crippen molar-refractivity contribution in [3.63, 3.8) is 0 Å². The van der Waals surface area contributed by atoms with Gasteiger partial charge in [0, 0.05) is 0 Å². The van der Waals surface area contributed by atoms with Gasteiger partial charge in [-0.1, -0.05) is 12.7 Å². The summed E-state index contributed by atoms with van der Waals surface area (Å²) >= 11 is 1.77. The quantitative estimate of drug-likeness (QED) is 0.462. The van der Waals surface area contributed by atoms with Gasteiger partial charge in [0.05, 0.1) is 0 Å². The van der Waals surface area contributed by atoms with Gasteiger partial charge in [-0.15, -0.1) is 0 Å². The topological polar surface area (TPSA) is 34.1 Å². The van der Waals surface area contributed by atoms with Crippen LogP contribution in [0.15, 0.2) is 21.1 Å². The molecular weight excluding hydrogens is 251 g/mol. The average molecular weight is 258 g/mol. The first-order valence-corrected chi connectivity index (χ1v) is 4.48. The summed E-state index contributed by atoms with van der Waals surface area (Å²) in [7, 11) is -2.41. The first kappa shape index (κ1) is 9.16. The summed E-state index contributed by atoms with van der Waals surface area (Å²) in [6.45, 7) is 5.14. The third-order valence-corrected chi connectivity index (χ3v) is 3.50. The Labute approximate surface area is 69.7 Å². The second kappa shape index (κ2) is 4.05. The Morgan fingerprint density at radius 2 is 2.11 bits per heavy atom. The summed E-state index contributed by atoms with van der Waals surface area (Å²) in [6.07, 6.45) is 1.52. The van der Waals surface area contributed by atoms with Crippen LogP contribution in [0.1, 0.15) is 6.92 Å². The van der Waals surface area contributed by atoms with Crippen molar-refractivity contribution in [1.29, 1.82) is 0 Å². The molecule has 0 aromatic rings. The fourth-order valence-electron chi connectivity index (χ4n) is 0.228. The Bertz CT molecular complexity index is 207. The summed E-state index contributed by atoms with van der Waals surface area (Å²) in [5.41, 5.74) is 0.701. The number of hydrogen-bond acceptors (Lipinski definition) is 2. The summed E-state index contributed by atoms with van der Waals surface area (Å²) in [5.74, 6) is 0. The highest BCUT2D eigenvalue weighted by molar-refractivity contribution is 14.1. The van der Waals surface area contributed by atoms with E-state index in [-0.39, 0.29) is 0 Å². The highest BCUT2D eigenvalue weighted by atomic mass is 127. The zero-order valence-electron chi connectivity index (χ0n) is 4.93. The Morgan fingerprint density at radius 1 is 1.67 bits per heavy atom. The number of thiol groups is 1. The van der Waals surface area contributed by atoms with Gasteiger partial charge in [-0.25, -0.2) is 8.42 Å². The van der Waals surface area contributed by atoms with Crippen molar-refractivity contribution in [2.24, 2.45) is 0 Å². The first-order valence-electron chi connectivity index (χ1n) is 2.22. The standard InChI is InChI=1S/C5H7IO2S/c1-3-4(2)5(6)9(7)8/h3,9H,1H2,2H3/b5-4-. The van der Waals surface area contributed by atoms with Crippen LogP contribution in [0.25, 0.3) is 0 Å². The van der Waals surface area contributed by atoms with Crippen molar-refractivity contribution in [3.05, 3.63) is 21.1 Å². The number of hydrogen-bond donors (Lipinski definition) is 1. The lowest BCUT2D eigenvalue weighted by molar-refractivity contribution is 0.621. The molecule has 0 saturated heterocycles. The van der Waals surface area contributed by atoms with Crippen molar-refractivity contribution in [3.8, 4) is 0 Å². The molecule has 0 radical (unpaired) electrons. The molecule has 0 bridgehead atoms. The van der Waals surface area contributed by atoms with E-state index in [0.29, 0.717) is 8.48 Å². The van der Waals surface area contributed by atoms with E-state index in [1.807, 2.05) is 0 Å². The van der Waals surface area contributed by atoms with Gasteiger partial charge in [-0.2, -0.15) is 0 Å². The molecule has 0 amide bonds. The predicted molar refractivity (Wildman–Crippen MR) is 47.2 cm³/mol. The lowest BCUT2D eigenvalue weighted by Gasteiger charge is -1.88. The van der Waals surface area contributed by atoms with Crippen LogP contribution in [0.5, 0.6) is 0 Å². The van der Waals surface area contributed by atoms with Crippen LogP contribution in [-0.4, -0.2) is 8.42 Å². The maximum Gasteiger partial charge on any atom is 0.174 e. The van der Waals surface area contributed by atoms with Crippen molar-refractivity contribution < 1.29 is 8.42 Å². The van der Waals surface area contributed by atoms with Gasteiger partial charge in [0.1, 0.15) is 2.91 Å². The lowest BCUT2D eigenvalue weighted by atomic mass is 10.4. The van der Waals surface area contributed by atoms with Crippen molar-refractivity contribution in [2.45, 2.75) is 6.92 Å². The van der Waals surface area contributed by atoms with Gasteiger partial charge < -0.3 is 0 Å². The van der Waals surface area contributed by atoms with E-state index < -0.39 is 10.7 Å². The van der Waals surface area contributed by atoms with E-state index in [1.54, 1.807) is 29.5 Å². The van der Waals surface area contributed by atoms with Crippen LogP contribution in [0, 0.1) is 0 Å². The zero-order valence-corrected chi connectivity index (χ0v) is 7.98. The minimum Gasteiger partial charge on any atom is -0.226 e. The highest BCUT2D eigenvalue weighted by Crippen LogP contribution is 2.12. The SMILES string of the molecule is C=C/C(C)=C(/I)[SH](=O)=O. The zero-order chi connectivity index (χ0) is 7.44. The molecule has 0 heterocycles. The van der Waals surface area contributed by atoms with Crippen LogP contribution in [0.4, 0.5) is 0 Å². The number of allylic oxidation sites excluding steroid dienone is 2. The molecule has 4 heteroatoms. The Kier molecular flexibility index (Phi) is 4.12. The molecule has 52 valence electrons. The largest absolute Gasteiger partial charge is 0.226 e. The van der Waals surface area contributed by atoms with Gasteiger partial charge >= 0.3 is 0 Å². The van der Waals surface area contributed by atoms with Gasteiger partial charge in [-0.3, -0.25) is 0 Å². The third-order valence-electron chi connectivity index (χ3n) is 0.792. The molecule has 0 rings (SSSR count). The van der Waals surface area contributed by atoms with Crippen LogP contribution in [0.3, 0.4) is 0 Å². The second-order valence-electron chi connectivity index (χ2n) is 1.44. The highest BCUT2D eigenvalue weighted by Gasteiger charge is 1.94. The third kappa shape index (κ3) is 3.00. The first-order chi connectivity index (χ1) is 4.09. The molecule has 0 aliphatic carbocycles. The lowest BCUT2D eigenvalue weighted by Crippen LogP contribution is -1.77. The normalized spacial score (nSPS) is 13.2. The minimum absolute atomic E-state index is 0.359. The second-order valence-corrected chi connectivity index (χ2v) is 4.33. The van der Waals surface area contributed by atoms with E-state index in [0.717, 1.165) is 0 Å². The van der Waals surface area contributed by atoms with Gasteiger partial charge in [-0.05, 0) is 35.1 Å². The molecule has 0 aliphatic heterocycles. The van der Waals surface area contributed by atoms with Crippen LogP contribution < -0.4 is 0 Å². The Morgan fingerprint density at radius 3 is 2.22 bits per heavy atom. The van der Waals surface area contributed by atoms with E-state index in [4.69, 9.17) is 0 Å². The summed E-state index contributed by atoms with van der Waals surface area (Å²) < 4.78 is 20.8. The maximum atomic E-state index is 10.2. The number of rotatable bonds is 2. The molecule has 0 fully saturated rings. The molecule has 0 atom stereocenters. The smallest absolute Gasteiger partial charge is 0.174 e. The summed E-state index contributed by atoms with van der Waals surface area (Å²) in [4.78, 5) is 0. The molecule has 0 spiro atoms. The molecule has 0 aromatic heterocycles. The van der Waals surface area contributed by atoms with Gasteiger partial charge in [0.2, 0.25) is 0 Å². The van der Waals surface area contributed by atoms with Gasteiger partial charge in [0.15, 0.2) is 10.7 Å². The Hall–Kier alpha value is 0.160. The molecule has 0 aliphatic rings. The predicted octanol–water partition coefficient (Wildman–Crippen LogP) is 1.45. The van der Waals surface area contributed by atoms with E-state index in [1.165, 1.54) is 6.08 Å². The fraction of sp³-hybridized carbons (Fsp3) is 0.200. The van der Waals surface area contributed by atoms with Crippen LogP contribution in [0.2, 0.25) is 0 Å². The maximum absolute atomic E-state index is 10.2. The fourth-order valence-corrected chi connectivity index (χ4v) is 0.828. The van der Waals surface area contributed by atoms with Crippen molar-refractivity contribution >= 4 is 33.3 Å². The van der Waals surface area contributed by atoms with Crippen LogP contribution in [-0.2, 0) is 10.7 Å². The number of halogens is 1. The summed E-state index contributed by atoms with van der Waals surface area (Å²) in [6, 6.07) is 0. The van der Waals surface area contributed by atoms with E-state index >= 15 is 0 Å². The Balaban J connectivity index is 4.69. The summed E-state index contributed by atoms with van der Waals surface area (Å²) in [5, 5.41) is 0. The molecule has 0 saturated carbocycles. The van der Waals surface area contributed by atoms with Gasteiger partial charge in [0.25, 0.3) is 0 Å². The molecule has 9 heavy (non-hydrogen) atoms. The van der Waals surface area contributed by atoms with Crippen molar-refractivity contribution in [1.82, 2.24) is 0 Å². The van der Waals surface area contributed by atoms with E-state index in [9.17, 15) is 8.42 Å². The monoisotopic (exact) mass is 258 g/mol. The van der Waals surface area contributed by atoms with Crippen LogP contribution >= 0.6 is 22.6 Å². The molecule has 0 unspecified atom stereocenters. The molecule has 0 N–H and O–H groups in total. The van der Waals surface area contributed by atoms with E-state index in [2.05, 4.69) is 6.58 Å². The van der Waals surface area contributed by atoms with Crippen molar-refractivity contribution in [2.75, 3.05) is 0 Å². The molecular formula is C5H7IO2S. The minimum atomic E-state index is -2.41. The molecule has 2 nitrogen and oxygen atoms in total. The molecule has 0 aromatic carbocycles.